The Balaban J connectivity index is 0.704. The molecule has 2 saturated heterocycles. The van der Waals surface area contributed by atoms with Crippen molar-refractivity contribution >= 4 is 63.7 Å². The van der Waals surface area contributed by atoms with Crippen LogP contribution in [0.2, 0.25) is 5.02 Å². The lowest BCUT2D eigenvalue weighted by Crippen LogP contribution is -2.54. The van der Waals surface area contributed by atoms with E-state index in [2.05, 4.69) is 25.9 Å². The zero-order valence-electron chi connectivity index (χ0n) is 34.9. The minimum Gasteiger partial charge on any atom is -0.482 e. The van der Waals surface area contributed by atoms with Crippen molar-refractivity contribution in [3.05, 3.63) is 76.7 Å². The molecule has 0 radical (unpaired) electrons. The van der Waals surface area contributed by atoms with Crippen molar-refractivity contribution in [2.75, 3.05) is 83.6 Å². The number of nitrogens with one attached hydrogen (secondary N) is 3. The molecular formula is C42H49ClN8O14. The maximum Gasteiger partial charge on any atom is 0.264 e. The van der Waals surface area contributed by atoms with Gasteiger partial charge in [-0.2, -0.15) is 0 Å². The van der Waals surface area contributed by atoms with Crippen molar-refractivity contribution in [3.8, 4) is 5.75 Å². The Kier molecular flexibility index (Phi) is 15.9. The number of amides is 5. The van der Waals surface area contributed by atoms with E-state index in [1.165, 1.54) is 35.2 Å². The first kappa shape index (κ1) is 47.2. The molecule has 8 N–H and O–H groups in total. The second-order valence-electron chi connectivity index (χ2n) is 15.0. The molecule has 2 fully saturated rings. The Morgan fingerprint density at radius 1 is 0.923 bits per heavy atom. The first-order valence-corrected chi connectivity index (χ1v) is 21.2. The number of aromatic nitrogens is 3. The number of piperidine rings is 1. The third kappa shape index (κ3) is 11.0. The van der Waals surface area contributed by atoms with Gasteiger partial charge in [-0.05, 0) is 42.3 Å². The molecule has 6 atom stereocenters. The molecule has 1 unspecified atom stereocenters. The number of imide groups is 2. The van der Waals surface area contributed by atoms with Crippen molar-refractivity contribution in [2.45, 2.75) is 49.5 Å². The van der Waals surface area contributed by atoms with E-state index in [1.807, 2.05) is 0 Å². The highest BCUT2D eigenvalue weighted by atomic mass is 35.5. The number of aliphatic hydroxyl groups is 3. The number of nitrogen functional groups attached to an aromatic ring is 1. The number of halogens is 1. The van der Waals surface area contributed by atoms with Crippen LogP contribution in [0.3, 0.4) is 0 Å². The molecule has 4 aromatic rings. The number of aliphatic hydroxyl groups excluding tert-OH is 3. The summed E-state index contributed by atoms with van der Waals surface area (Å²) in [5.41, 5.74) is 7.38. The molecule has 3 aliphatic heterocycles. The van der Waals surface area contributed by atoms with Gasteiger partial charge in [0.25, 0.3) is 17.7 Å². The van der Waals surface area contributed by atoms with Gasteiger partial charge < -0.3 is 64.7 Å². The molecular weight excluding hydrogens is 876 g/mol. The highest BCUT2D eigenvalue weighted by Gasteiger charge is 2.48. The molecule has 0 saturated carbocycles. The molecule has 0 aliphatic carbocycles. The van der Waals surface area contributed by atoms with E-state index >= 15 is 0 Å². The Morgan fingerprint density at radius 2 is 1.63 bits per heavy atom. The molecule has 7 rings (SSSR count). The quantitative estimate of drug-likeness (QED) is 0.0383. The van der Waals surface area contributed by atoms with Gasteiger partial charge in [0, 0.05) is 31.4 Å². The monoisotopic (exact) mass is 924 g/mol. The van der Waals surface area contributed by atoms with Gasteiger partial charge in [-0.3, -0.25) is 34.2 Å². The Bertz CT molecular complexity index is 2370. The van der Waals surface area contributed by atoms with Gasteiger partial charge in [-0.15, -0.1) is 0 Å². The zero-order valence-corrected chi connectivity index (χ0v) is 35.7. The molecule has 5 amide bonds. The molecule has 3 aliphatic rings. The fraction of sp³-hybridized carbons (Fsp3) is 0.452. The van der Waals surface area contributed by atoms with E-state index in [4.69, 9.17) is 45.8 Å². The van der Waals surface area contributed by atoms with Crippen molar-refractivity contribution in [1.29, 1.82) is 0 Å². The van der Waals surface area contributed by atoms with Crippen LogP contribution < -0.4 is 26.4 Å². The summed E-state index contributed by atoms with van der Waals surface area (Å²) in [5, 5.41) is 41.5. The Hall–Kier alpha value is -5.82. The summed E-state index contributed by atoms with van der Waals surface area (Å²) in [4.78, 5) is 71.6. The number of hydrogen-bond donors (Lipinski definition) is 7. The van der Waals surface area contributed by atoms with Crippen molar-refractivity contribution < 1.29 is 67.7 Å². The topological polar surface area (TPSA) is 297 Å². The molecule has 5 heterocycles. The van der Waals surface area contributed by atoms with E-state index < -0.39 is 66.2 Å². The van der Waals surface area contributed by atoms with Gasteiger partial charge in [0.15, 0.2) is 12.8 Å². The van der Waals surface area contributed by atoms with Gasteiger partial charge in [-0.25, -0.2) is 9.97 Å². The summed E-state index contributed by atoms with van der Waals surface area (Å²) in [7, 11) is 0. The van der Waals surface area contributed by atoms with E-state index in [0.29, 0.717) is 62.9 Å². The van der Waals surface area contributed by atoms with Crippen LogP contribution in [-0.4, -0.2) is 161 Å². The number of benzene rings is 2. The number of fused-ring (bicyclic) bond motifs is 2. The number of carbonyl (C=O) groups excluding carboxylic acids is 5. The normalized spacial score (nSPS) is 21.2. The average Bonchev–Trinajstić information content (AvgIpc) is 3.94. The van der Waals surface area contributed by atoms with Crippen molar-refractivity contribution in [2.24, 2.45) is 0 Å². The minimum atomic E-state index is -1.47. The second-order valence-corrected chi connectivity index (χ2v) is 15.4. The lowest BCUT2D eigenvalue weighted by atomic mass is 9.99. The molecule has 2 aromatic heterocycles. The van der Waals surface area contributed by atoms with Crippen LogP contribution in [0.5, 0.6) is 5.75 Å². The fourth-order valence-electron chi connectivity index (χ4n) is 7.52. The maximum absolute atomic E-state index is 13.2. The summed E-state index contributed by atoms with van der Waals surface area (Å²) in [6.07, 6.45) is -3.63. The summed E-state index contributed by atoms with van der Waals surface area (Å²) in [6, 6.07) is 9.87. The highest BCUT2D eigenvalue weighted by molar-refractivity contribution is 6.32. The number of nitrogens with zero attached hydrogens (tertiary/aromatic N) is 4. The molecule has 23 heteroatoms. The van der Waals surface area contributed by atoms with E-state index in [1.54, 1.807) is 24.4 Å². The summed E-state index contributed by atoms with van der Waals surface area (Å²) in [5.74, 6) is -2.36. The standard InChI is InChI=1S/C42H49ClN8O14/c43-26-5-4-23(33(54)36-34(55)35(56)42(65-36)50-11-8-25-37(44)47-22-48-38(25)50)20-29(26)64-21-31(53)46-10-13-61-15-17-63-19-18-62-16-14-60-12-9-45-27-3-1-2-24-32(27)41(59)51(40(24)58)28-6-7-30(52)49-39(28)57/h1-5,8,11,20,22,28,33-36,42,45,54-56H,6-7,9-10,12-19,21H2,(H,46,53)(H2,44,47,48)(H,49,52,57)/t28?,33-,34+,35-,36-,42-/m1/s1. The number of nitrogens with two attached hydrogens (primary N) is 1. The fourth-order valence-corrected chi connectivity index (χ4v) is 7.69. The number of hydrogen-bond acceptors (Lipinski definition) is 18. The predicted octanol–water partition coefficient (Wildman–Crippen LogP) is 0.0944. The van der Waals surface area contributed by atoms with E-state index in [-0.39, 0.29) is 72.5 Å². The predicted molar refractivity (Wildman–Crippen MR) is 228 cm³/mol. The SMILES string of the molecule is Nc1ncnc2c1ccn2[C@@H]1O[C@H]([C@H](O)c2ccc(Cl)c(OCC(=O)NCCOCCOCCOCCOCCNc3cccc4c3C(=O)N(C3CCC(=O)NC3=O)C4=O)c2)[C@@H](O)[C@H]1O. The lowest BCUT2D eigenvalue weighted by Gasteiger charge is -2.27. The van der Waals surface area contributed by atoms with Crippen LogP contribution in [0, 0.1) is 0 Å². The molecule has 0 spiro atoms. The van der Waals surface area contributed by atoms with Gasteiger partial charge in [-0.1, -0.05) is 23.7 Å². The summed E-state index contributed by atoms with van der Waals surface area (Å²) >= 11 is 6.30. The highest BCUT2D eigenvalue weighted by Crippen LogP contribution is 2.39. The minimum absolute atomic E-state index is 0.0421. The molecule has 2 aromatic carbocycles. The van der Waals surface area contributed by atoms with Gasteiger partial charge in [0.2, 0.25) is 11.8 Å². The molecule has 348 valence electrons. The zero-order chi connectivity index (χ0) is 46.0. The third-order valence-electron chi connectivity index (χ3n) is 10.8. The van der Waals surface area contributed by atoms with E-state index in [0.717, 1.165) is 4.90 Å². The number of anilines is 2. The number of carbonyl (C=O) groups is 5. The maximum atomic E-state index is 13.2. The largest absolute Gasteiger partial charge is 0.482 e. The lowest BCUT2D eigenvalue weighted by molar-refractivity contribution is -0.136. The number of rotatable bonds is 23. The Morgan fingerprint density at radius 3 is 2.35 bits per heavy atom. The summed E-state index contributed by atoms with van der Waals surface area (Å²) in [6.45, 7) is 2.57. The van der Waals surface area contributed by atoms with Gasteiger partial charge in [0.1, 0.15) is 54.0 Å². The van der Waals surface area contributed by atoms with Crippen LogP contribution in [0.25, 0.3) is 11.0 Å². The van der Waals surface area contributed by atoms with Crippen LogP contribution in [0.4, 0.5) is 11.5 Å². The summed E-state index contributed by atoms with van der Waals surface area (Å²) < 4.78 is 35.2. The molecule has 22 nitrogen and oxygen atoms in total. The van der Waals surface area contributed by atoms with Gasteiger partial charge in [0.05, 0.1) is 74.4 Å². The van der Waals surface area contributed by atoms with Crippen LogP contribution >= 0.6 is 11.6 Å². The van der Waals surface area contributed by atoms with Crippen molar-refractivity contribution in [3.63, 3.8) is 0 Å². The van der Waals surface area contributed by atoms with Crippen LogP contribution in [-0.2, 0) is 38.1 Å². The number of ether oxygens (including phenoxy) is 6. The van der Waals surface area contributed by atoms with Crippen LogP contribution in [0.1, 0.15) is 51.5 Å². The molecule has 0 bridgehead atoms. The third-order valence-corrected chi connectivity index (χ3v) is 11.1. The smallest absolute Gasteiger partial charge is 0.264 e. The van der Waals surface area contributed by atoms with Crippen LogP contribution in [0.15, 0.2) is 55.0 Å². The first-order chi connectivity index (χ1) is 31.4. The molecule has 65 heavy (non-hydrogen) atoms. The van der Waals surface area contributed by atoms with E-state index in [9.17, 15) is 39.3 Å². The van der Waals surface area contributed by atoms with Gasteiger partial charge >= 0.3 is 0 Å². The second kappa shape index (κ2) is 21.9. The average molecular weight is 925 g/mol. The van der Waals surface area contributed by atoms with Crippen molar-refractivity contribution in [1.82, 2.24) is 30.1 Å². The Labute approximate surface area is 376 Å². The first-order valence-electron chi connectivity index (χ1n) is 20.8.